The Bertz CT molecular complexity index is 517. The van der Waals surface area contributed by atoms with Gasteiger partial charge >= 0.3 is 0 Å². The second-order valence-electron chi connectivity index (χ2n) is 6.38. The molecule has 3 aliphatic rings. The van der Waals surface area contributed by atoms with Gasteiger partial charge in [-0.1, -0.05) is 24.3 Å². The highest BCUT2D eigenvalue weighted by Gasteiger charge is 2.48. The Labute approximate surface area is 113 Å². The van der Waals surface area contributed by atoms with E-state index >= 15 is 0 Å². The molecular formula is C16H19NO2. The van der Waals surface area contributed by atoms with Gasteiger partial charge in [0.05, 0.1) is 12.1 Å². The number of aliphatic hydroxyl groups is 1. The quantitative estimate of drug-likeness (QED) is 0.849. The average Bonchev–Trinajstić information content (AvgIpc) is 2.89. The Kier molecular flexibility index (Phi) is 2.46. The van der Waals surface area contributed by atoms with E-state index in [1.807, 2.05) is 24.3 Å². The molecule has 4 rings (SSSR count). The molecular weight excluding hydrogens is 238 g/mol. The first-order valence-electron chi connectivity index (χ1n) is 7.28. The Hall–Kier alpha value is -1.35. The lowest BCUT2D eigenvalue weighted by atomic mass is 10.0. The average molecular weight is 257 g/mol. The summed E-state index contributed by atoms with van der Waals surface area (Å²) in [5, 5.41) is 13.2. The summed E-state index contributed by atoms with van der Waals surface area (Å²) in [6.07, 6.45) is 3.62. The van der Waals surface area contributed by atoms with Crippen LogP contribution in [-0.4, -0.2) is 17.1 Å². The third-order valence-corrected chi connectivity index (χ3v) is 5.12. The second kappa shape index (κ2) is 4.07. The van der Waals surface area contributed by atoms with Crippen LogP contribution in [0.25, 0.3) is 0 Å². The fraction of sp³-hybridized carbons (Fsp3) is 0.562. The van der Waals surface area contributed by atoms with Crippen molar-refractivity contribution in [3.05, 3.63) is 35.4 Å². The lowest BCUT2D eigenvalue weighted by Crippen LogP contribution is -2.37. The maximum atomic E-state index is 12.3. The molecule has 0 radical (unpaired) electrons. The van der Waals surface area contributed by atoms with E-state index in [1.165, 1.54) is 6.42 Å². The zero-order valence-electron chi connectivity index (χ0n) is 10.9. The van der Waals surface area contributed by atoms with Gasteiger partial charge in [-0.05, 0) is 42.2 Å². The van der Waals surface area contributed by atoms with Crippen LogP contribution in [0.2, 0.25) is 0 Å². The number of nitrogens with one attached hydrogen (secondary N) is 1. The highest BCUT2D eigenvalue weighted by atomic mass is 16.3. The lowest BCUT2D eigenvalue weighted by Gasteiger charge is -2.21. The van der Waals surface area contributed by atoms with Crippen molar-refractivity contribution in [3.63, 3.8) is 0 Å². The largest absolute Gasteiger partial charge is 0.390 e. The van der Waals surface area contributed by atoms with Gasteiger partial charge in [-0.15, -0.1) is 0 Å². The highest BCUT2D eigenvalue weighted by Crippen LogP contribution is 2.54. The first kappa shape index (κ1) is 11.5. The van der Waals surface area contributed by atoms with E-state index in [0.717, 1.165) is 35.8 Å². The molecule has 19 heavy (non-hydrogen) atoms. The van der Waals surface area contributed by atoms with Crippen molar-refractivity contribution in [2.45, 2.75) is 37.8 Å². The third kappa shape index (κ3) is 1.88. The van der Waals surface area contributed by atoms with Crippen LogP contribution in [0.3, 0.4) is 0 Å². The molecule has 0 bridgehead atoms. The SMILES string of the molecule is O=C(NC1c2ccccc2CC1O)C1CC2CC2C1. The smallest absolute Gasteiger partial charge is 0.223 e. The number of hydrogen-bond acceptors (Lipinski definition) is 2. The van der Waals surface area contributed by atoms with E-state index < -0.39 is 6.10 Å². The Morgan fingerprint density at radius 3 is 2.68 bits per heavy atom. The van der Waals surface area contributed by atoms with Crippen molar-refractivity contribution < 1.29 is 9.90 Å². The number of fused-ring (bicyclic) bond motifs is 2. The van der Waals surface area contributed by atoms with Crippen molar-refractivity contribution in [2.24, 2.45) is 17.8 Å². The van der Waals surface area contributed by atoms with Crippen LogP contribution in [0, 0.1) is 17.8 Å². The molecule has 2 saturated carbocycles. The van der Waals surface area contributed by atoms with Gasteiger partial charge in [0.2, 0.25) is 5.91 Å². The van der Waals surface area contributed by atoms with Crippen molar-refractivity contribution >= 4 is 5.91 Å². The molecule has 3 nitrogen and oxygen atoms in total. The van der Waals surface area contributed by atoms with Crippen molar-refractivity contribution in [3.8, 4) is 0 Å². The van der Waals surface area contributed by atoms with Gasteiger partial charge in [-0.2, -0.15) is 0 Å². The van der Waals surface area contributed by atoms with Gasteiger partial charge in [0.25, 0.3) is 0 Å². The summed E-state index contributed by atoms with van der Waals surface area (Å²) in [4.78, 5) is 12.3. The van der Waals surface area contributed by atoms with Gasteiger partial charge in [-0.25, -0.2) is 0 Å². The first-order chi connectivity index (χ1) is 9.22. The number of carbonyl (C=O) groups excluding carboxylic acids is 1. The molecule has 4 unspecified atom stereocenters. The topological polar surface area (TPSA) is 49.3 Å². The second-order valence-corrected chi connectivity index (χ2v) is 6.38. The summed E-state index contributed by atoms with van der Waals surface area (Å²) in [6, 6.07) is 7.81. The molecule has 3 aliphatic carbocycles. The molecule has 100 valence electrons. The maximum absolute atomic E-state index is 12.3. The molecule has 2 N–H and O–H groups in total. The number of hydrogen-bond donors (Lipinski definition) is 2. The summed E-state index contributed by atoms with van der Waals surface area (Å²) in [6.45, 7) is 0. The molecule has 0 aliphatic heterocycles. The van der Waals surface area contributed by atoms with Gasteiger partial charge in [0.1, 0.15) is 0 Å². The monoisotopic (exact) mass is 257 g/mol. The van der Waals surface area contributed by atoms with Gasteiger partial charge < -0.3 is 10.4 Å². The fourth-order valence-corrected chi connectivity index (χ4v) is 3.95. The van der Waals surface area contributed by atoms with Crippen molar-refractivity contribution in [1.29, 1.82) is 0 Å². The summed E-state index contributed by atoms with van der Waals surface area (Å²) in [7, 11) is 0. The standard InChI is InChI=1S/C16H19NO2/c18-14-8-9-3-1-2-4-13(9)15(14)17-16(19)12-6-10-5-11(10)7-12/h1-4,10-12,14-15,18H,5-8H2,(H,17,19). The van der Waals surface area contributed by atoms with Crippen molar-refractivity contribution in [1.82, 2.24) is 5.32 Å². The van der Waals surface area contributed by atoms with Crippen LogP contribution in [0.1, 0.15) is 36.4 Å². The molecule has 4 atom stereocenters. The zero-order chi connectivity index (χ0) is 13.0. The number of aliphatic hydroxyl groups excluding tert-OH is 1. The Morgan fingerprint density at radius 2 is 1.89 bits per heavy atom. The number of rotatable bonds is 2. The predicted molar refractivity (Wildman–Crippen MR) is 71.4 cm³/mol. The van der Waals surface area contributed by atoms with Crippen LogP contribution in [-0.2, 0) is 11.2 Å². The maximum Gasteiger partial charge on any atom is 0.223 e. The number of benzene rings is 1. The molecule has 3 heteroatoms. The van der Waals surface area contributed by atoms with E-state index in [1.54, 1.807) is 0 Å². The van der Waals surface area contributed by atoms with E-state index in [9.17, 15) is 9.90 Å². The van der Waals surface area contributed by atoms with E-state index in [2.05, 4.69) is 5.32 Å². The normalized spacial score (nSPS) is 38.7. The van der Waals surface area contributed by atoms with E-state index in [-0.39, 0.29) is 17.9 Å². The van der Waals surface area contributed by atoms with Gasteiger partial charge in [-0.3, -0.25) is 4.79 Å². The zero-order valence-corrected chi connectivity index (χ0v) is 10.9. The number of carbonyl (C=O) groups is 1. The molecule has 0 heterocycles. The van der Waals surface area contributed by atoms with Crippen molar-refractivity contribution in [2.75, 3.05) is 0 Å². The van der Waals surface area contributed by atoms with Crippen LogP contribution in [0.4, 0.5) is 0 Å². The molecule has 1 aromatic rings. The van der Waals surface area contributed by atoms with E-state index in [0.29, 0.717) is 6.42 Å². The minimum Gasteiger partial charge on any atom is -0.390 e. The molecule has 0 spiro atoms. The van der Waals surface area contributed by atoms with Gasteiger partial charge in [0, 0.05) is 12.3 Å². The van der Waals surface area contributed by atoms with Crippen LogP contribution < -0.4 is 5.32 Å². The minimum absolute atomic E-state index is 0.146. The minimum atomic E-state index is -0.475. The Balaban J connectivity index is 1.49. The first-order valence-corrected chi connectivity index (χ1v) is 7.28. The summed E-state index contributed by atoms with van der Waals surface area (Å²) in [5.74, 6) is 1.96. The third-order valence-electron chi connectivity index (χ3n) is 5.12. The van der Waals surface area contributed by atoms with Crippen LogP contribution in [0.15, 0.2) is 24.3 Å². The fourth-order valence-electron chi connectivity index (χ4n) is 3.95. The number of amides is 1. The highest BCUT2D eigenvalue weighted by molar-refractivity contribution is 5.80. The molecule has 1 amide bonds. The van der Waals surface area contributed by atoms with Crippen LogP contribution >= 0.6 is 0 Å². The van der Waals surface area contributed by atoms with Gasteiger partial charge in [0.15, 0.2) is 0 Å². The summed E-state index contributed by atoms with van der Waals surface area (Å²) < 4.78 is 0. The van der Waals surface area contributed by atoms with E-state index in [4.69, 9.17) is 0 Å². The Morgan fingerprint density at radius 1 is 1.16 bits per heavy atom. The van der Waals surface area contributed by atoms with Crippen LogP contribution in [0.5, 0.6) is 0 Å². The molecule has 0 aromatic heterocycles. The summed E-state index contributed by atoms with van der Waals surface area (Å²) in [5.41, 5.74) is 2.25. The molecule has 1 aromatic carbocycles. The predicted octanol–water partition coefficient (Wildman–Crippen LogP) is 1.81. The lowest BCUT2D eigenvalue weighted by molar-refractivity contribution is -0.126. The molecule has 2 fully saturated rings. The molecule has 0 saturated heterocycles. The summed E-state index contributed by atoms with van der Waals surface area (Å²) >= 11 is 0.